The van der Waals surface area contributed by atoms with E-state index in [1.54, 1.807) is 7.11 Å². The molecule has 0 bridgehead atoms. The molecule has 1 fully saturated rings. The van der Waals surface area contributed by atoms with E-state index in [1.165, 1.54) is 25.0 Å². The van der Waals surface area contributed by atoms with Gasteiger partial charge in [0.25, 0.3) is 0 Å². The van der Waals surface area contributed by atoms with Gasteiger partial charge in [-0.3, -0.25) is 4.68 Å². The molecular weight excluding hydrogens is 202 g/mol. The Morgan fingerprint density at radius 3 is 3.00 bits per heavy atom. The fourth-order valence-electron chi connectivity index (χ4n) is 2.51. The summed E-state index contributed by atoms with van der Waals surface area (Å²) >= 11 is 0. The SMILES string of the molecule is COC1CCCC1NCc1cc(C)nn1C. The number of aromatic nitrogens is 2. The molecule has 0 amide bonds. The van der Waals surface area contributed by atoms with Crippen molar-refractivity contribution in [1.82, 2.24) is 15.1 Å². The van der Waals surface area contributed by atoms with Crippen molar-refractivity contribution in [3.8, 4) is 0 Å². The van der Waals surface area contributed by atoms with Gasteiger partial charge in [0.2, 0.25) is 0 Å². The van der Waals surface area contributed by atoms with Crippen molar-refractivity contribution in [3.05, 3.63) is 17.5 Å². The molecule has 90 valence electrons. The van der Waals surface area contributed by atoms with Crippen LogP contribution < -0.4 is 5.32 Å². The summed E-state index contributed by atoms with van der Waals surface area (Å²) in [5.41, 5.74) is 2.31. The summed E-state index contributed by atoms with van der Waals surface area (Å²) < 4.78 is 7.41. The van der Waals surface area contributed by atoms with Gasteiger partial charge >= 0.3 is 0 Å². The number of nitrogens with zero attached hydrogens (tertiary/aromatic N) is 2. The summed E-state index contributed by atoms with van der Waals surface area (Å²) in [6.07, 6.45) is 4.04. The highest BCUT2D eigenvalue weighted by atomic mass is 16.5. The molecule has 1 heterocycles. The lowest BCUT2D eigenvalue weighted by Crippen LogP contribution is -2.36. The number of hydrogen-bond donors (Lipinski definition) is 1. The Bertz CT molecular complexity index is 348. The fraction of sp³-hybridized carbons (Fsp3) is 0.750. The van der Waals surface area contributed by atoms with E-state index in [1.807, 2.05) is 18.7 Å². The molecule has 16 heavy (non-hydrogen) atoms. The van der Waals surface area contributed by atoms with Crippen LogP contribution in [0.4, 0.5) is 0 Å². The van der Waals surface area contributed by atoms with Gasteiger partial charge in [-0.2, -0.15) is 5.10 Å². The third-order valence-electron chi connectivity index (χ3n) is 3.40. The highest BCUT2D eigenvalue weighted by molar-refractivity contribution is 5.08. The molecular formula is C12H21N3O. The number of ether oxygens (including phenoxy) is 1. The number of hydrogen-bond acceptors (Lipinski definition) is 3. The van der Waals surface area contributed by atoms with Gasteiger partial charge in [0, 0.05) is 26.7 Å². The van der Waals surface area contributed by atoms with Gasteiger partial charge in [0.15, 0.2) is 0 Å². The topological polar surface area (TPSA) is 39.1 Å². The minimum atomic E-state index is 0.384. The summed E-state index contributed by atoms with van der Waals surface area (Å²) in [5.74, 6) is 0. The average molecular weight is 223 g/mol. The second-order valence-electron chi connectivity index (χ2n) is 4.59. The maximum Gasteiger partial charge on any atom is 0.0724 e. The van der Waals surface area contributed by atoms with Crippen molar-refractivity contribution in [2.45, 2.75) is 44.9 Å². The van der Waals surface area contributed by atoms with Gasteiger partial charge in [0.1, 0.15) is 0 Å². The lowest BCUT2D eigenvalue weighted by molar-refractivity contribution is 0.0845. The molecule has 1 saturated carbocycles. The van der Waals surface area contributed by atoms with Crippen LogP contribution >= 0.6 is 0 Å². The summed E-state index contributed by atoms with van der Waals surface area (Å²) in [6, 6.07) is 2.63. The van der Waals surface area contributed by atoms with Crippen LogP contribution in [0.1, 0.15) is 30.7 Å². The van der Waals surface area contributed by atoms with E-state index in [4.69, 9.17) is 4.74 Å². The van der Waals surface area contributed by atoms with E-state index < -0.39 is 0 Å². The van der Waals surface area contributed by atoms with Gasteiger partial charge in [-0.15, -0.1) is 0 Å². The summed E-state index contributed by atoms with van der Waals surface area (Å²) in [7, 11) is 3.80. The van der Waals surface area contributed by atoms with Gasteiger partial charge < -0.3 is 10.1 Å². The zero-order valence-electron chi connectivity index (χ0n) is 10.4. The van der Waals surface area contributed by atoms with E-state index in [-0.39, 0.29) is 0 Å². The number of aryl methyl sites for hydroxylation is 2. The van der Waals surface area contributed by atoms with Crippen LogP contribution in [-0.4, -0.2) is 29.0 Å². The number of nitrogens with one attached hydrogen (secondary N) is 1. The lowest BCUT2D eigenvalue weighted by atomic mass is 10.2. The van der Waals surface area contributed by atoms with Crippen LogP contribution in [0.2, 0.25) is 0 Å². The van der Waals surface area contributed by atoms with Crippen molar-refractivity contribution in [2.75, 3.05) is 7.11 Å². The van der Waals surface area contributed by atoms with E-state index in [2.05, 4.69) is 16.5 Å². The Kier molecular flexibility index (Phi) is 3.61. The van der Waals surface area contributed by atoms with E-state index in [0.29, 0.717) is 12.1 Å². The van der Waals surface area contributed by atoms with Crippen LogP contribution in [0.3, 0.4) is 0 Å². The van der Waals surface area contributed by atoms with E-state index >= 15 is 0 Å². The average Bonchev–Trinajstić information content (AvgIpc) is 2.81. The molecule has 4 nitrogen and oxygen atoms in total. The smallest absolute Gasteiger partial charge is 0.0724 e. The van der Waals surface area contributed by atoms with E-state index in [9.17, 15) is 0 Å². The molecule has 1 aliphatic carbocycles. The minimum absolute atomic E-state index is 0.384. The monoisotopic (exact) mass is 223 g/mol. The first-order chi connectivity index (χ1) is 7.70. The van der Waals surface area contributed by atoms with Crippen LogP contribution in [0, 0.1) is 6.92 Å². The molecule has 1 aromatic heterocycles. The van der Waals surface area contributed by atoms with Crippen LogP contribution in [0.5, 0.6) is 0 Å². The highest BCUT2D eigenvalue weighted by Gasteiger charge is 2.26. The molecule has 1 N–H and O–H groups in total. The largest absolute Gasteiger partial charge is 0.380 e. The molecule has 1 aliphatic rings. The van der Waals surface area contributed by atoms with Crippen LogP contribution in [0.15, 0.2) is 6.07 Å². The maximum absolute atomic E-state index is 5.46. The molecule has 2 rings (SSSR count). The molecule has 0 radical (unpaired) electrons. The second kappa shape index (κ2) is 4.97. The van der Waals surface area contributed by atoms with Gasteiger partial charge in [-0.1, -0.05) is 0 Å². The Hall–Kier alpha value is -0.870. The summed E-state index contributed by atoms with van der Waals surface area (Å²) in [5, 5.41) is 7.91. The third kappa shape index (κ3) is 2.44. The van der Waals surface area contributed by atoms with Crippen LogP contribution in [-0.2, 0) is 18.3 Å². The van der Waals surface area contributed by atoms with Crippen molar-refractivity contribution in [2.24, 2.45) is 7.05 Å². The number of rotatable bonds is 4. The van der Waals surface area contributed by atoms with Gasteiger partial charge in [-0.05, 0) is 32.3 Å². The standard InChI is InChI=1S/C12H21N3O/c1-9-7-10(15(2)14-9)8-13-11-5-4-6-12(11)16-3/h7,11-13H,4-6,8H2,1-3H3. The Morgan fingerprint density at radius 1 is 1.56 bits per heavy atom. The van der Waals surface area contributed by atoms with E-state index in [0.717, 1.165) is 12.2 Å². The van der Waals surface area contributed by atoms with Crippen molar-refractivity contribution < 1.29 is 4.74 Å². The van der Waals surface area contributed by atoms with Crippen molar-refractivity contribution in [1.29, 1.82) is 0 Å². The molecule has 0 aliphatic heterocycles. The zero-order chi connectivity index (χ0) is 11.5. The molecule has 0 aromatic carbocycles. The first kappa shape index (κ1) is 11.6. The molecule has 0 spiro atoms. The quantitative estimate of drug-likeness (QED) is 0.838. The first-order valence-electron chi connectivity index (χ1n) is 5.96. The number of methoxy groups -OCH3 is 1. The Morgan fingerprint density at radius 2 is 2.38 bits per heavy atom. The molecule has 4 heteroatoms. The highest BCUT2D eigenvalue weighted by Crippen LogP contribution is 2.21. The lowest BCUT2D eigenvalue weighted by Gasteiger charge is -2.19. The molecule has 2 unspecified atom stereocenters. The van der Waals surface area contributed by atoms with Crippen molar-refractivity contribution in [3.63, 3.8) is 0 Å². The Labute approximate surface area is 97.0 Å². The normalized spacial score (nSPS) is 25.2. The molecule has 1 aromatic rings. The predicted molar refractivity (Wildman–Crippen MR) is 63.2 cm³/mol. The Balaban J connectivity index is 1.89. The minimum Gasteiger partial charge on any atom is -0.380 e. The van der Waals surface area contributed by atoms with Crippen LogP contribution in [0.25, 0.3) is 0 Å². The second-order valence-corrected chi connectivity index (χ2v) is 4.59. The fourth-order valence-corrected chi connectivity index (χ4v) is 2.51. The van der Waals surface area contributed by atoms with Crippen molar-refractivity contribution >= 4 is 0 Å². The van der Waals surface area contributed by atoms with Gasteiger partial charge in [-0.25, -0.2) is 0 Å². The first-order valence-corrected chi connectivity index (χ1v) is 5.96. The zero-order valence-corrected chi connectivity index (χ0v) is 10.4. The third-order valence-corrected chi connectivity index (χ3v) is 3.40. The maximum atomic E-state index is 5.46. The molecule has 2 atom stereocenters. The predicted octanol–water partition coefficient (Wildman–Crippen LogP) is 1.39. The summed E-state index contributed by atoms with van der Waals surface area (Å²) in [4.78, 5) is 0. The van der Waals surface area contributed by atoms with Gasteiger partial charge in [0.05, 0.1) is 17.5 Å². The summed E-state index contributed by atoms with van der Waals surface area (Å²) in [6.45, 7) is 2.90. The molecule has 0 saturated heterocycles.